The largest absolute Gasteiger partial charge is 0.311 e. The molecule has 0 aliphatic heterocycles. The lowest BCUT2D eigenvalue weighted by atomic mass is 10.0. The average molecular weight is 272 g/mol. The number of nitrogens with one attached hydrogen (secondary N) is 1. The highest BCUT2D eigenvalue weighted by Crippen LogP contribution is 2.20. The lowest BCUT2D eigenvalue weighted by Gasteiger charge is -2.18. The van der Waals surface area contributed by atoms with Crippen molar-refractivity contribution in [2.24, 2.45) is 7.05 Å². The van der Waals surface area contributed by atoms with Gasteiger partial charge >= 0.3 is 0 Å². The minimum absolute atomic E-state index is 0.228. The summed E-state index contributed by atoms with van der Waals surface area (Å²) in [6.07, 6.45) is 4.76. The van der Waals surface area contributed by atoms with Crippen molar-refractivity contribution in [2.75, 3.05) is 7.05 Å². The summed E-state index contributed by atoms with van der Waals surface area (Å²) >= 11 is 0. The predicted molar refractivity (Wildman–Crippen MR) is 81.7 cm³/mol. The van der Waals surface area contributed by atoms with E-state index in [1.54, 1.807) is 0 Å². The third kappa shape index (κ3) is 3.07. The molecular formula is C16H24N4. The molecule has 0 aromatic carbocycles. The molecule has 0 spiro atoms. The van der Waals surface area contributed by atoms with E-state index in [4.69, 9.17) is 0 Å². The Balaban J connectivity index is 2.26. The van der Waals surface area contributed by atoms with Gasteiger partial charge in [-0.05, 0) is 37.6 Å². The summed E-state index contributed by atoms with van der Waals surface area (Å²) in [5.74, 6) is 0. The molecular weight excluding hydrogens is 248 g/mol. The highest BCUT2D eigenvalue weighted by Gasteiger charge is 2.17. The van der Waals surface area contributed by atoms with E-state index in [0.717, 1.165) is 30.7 Å². The first-order valence-electron chi connectivity index (χ1n) is 7.32. The van der Waals surface area contributed by atoms with Gasteiger partial charge in [-0.15, -0.1) is 0 Å². The van der Waals surface area contributed by atoms with Crippen molar-refractivity contribution in [3.05, 3.63) is 47.0 Å². The topological polar surface area (TPSA) is 42.7 Å². The summed E-state index contributed by atoms with van der Waals surface area (Å²) in [5.41, 5.74) is 4.85. The van der Waals surface area contributed by atoms with E-state index >= 15 is 0 Å². The molecule has 1 unspecified atom stereocenters. The summed E-state index contributed by atoms with van der Waals surface area (Å²) in [4.78, 5) is 4.58. The highest BCUT2D eigenvalue weighted by atomic mass is 15.3. The fourth-order valence-electron chi connectivity index (χ4n) is 2.54. The van der Waals surface area contributed by atoms with Gasteiger partial charge in [-0.25, -0.2) is 0 Å². The van der Waals surface area contributed by atoms with Crippen LogP contribution < -0.4 is 5.32 Å². The van der Waals surface area contributed by atoms with Gasteiger partial charge in [0, 0.05) is 25.4 Å². The minimum Gasteiger partial charge on any atom is -0.311 e. The molecule has 0 aliphatic rings. The summed E-state index contributed by atoms with van der Waals surface area (Å²) in [6, 6.07) is 6.59. The molecule has 4 heteroatoms. The molecule has 108 valence electrons. The molecule has 2 rings (SSSR count). The van der Waals surface area contributed by atoms with E-state index in [0.29, 0.717) is 0 Å². The van der Waals surface area contributed by atoms with Crippen LogP contribution in [0.1, 0.15) is 42.5 Å². The number of pyridine rings is 1. The summed E-state index contributed by atoms with van der Waals surface area (Å²) in [6.45, 7) is 4.31. The Morgan fingerprint density at radius 3 is 2.70 bits per heavy atom. The minimum atomic E-state index is 0.228. The van der Waals surface area contributed by atoms with Crippen LogP contribution in [0.4, 0.5) is 0 Å². The highest BCUT2D eigenvalue weighted by molar-refractivity contribution is 5.25. The number of aryl methyl sites for hydroxylation is 3. The lowest BCUT2D eigenvalue weighted by Crippen LogP contribution is -2.22. The van der Waals surface area contributed by atoms with Gasteiger partial charge < -0.3 is 5.32 Å². The maximum atomic E-state index is 4.58. The van der Waals surface area contributed by atoms with Crippen LogP contribution in [-0.4, -0.2) is 21.8 Å². The lowest BCUT2D eigenvalue weighted by molar-refractivity contribution is 0.544. The predicted octanol–water partition coefficient (Wildman–Crippen LogP) is 2.44. The molecule has 0 saturated carbocycles. The summed E-state index contributed by atoms with van der Waals surface area (Å²) in [5, 5.41) is 7.91. The van der Waals surface area contributed by atoms with Crippen LogP contribution in [0, 0.1) is 0 Å². The molecule has 0 saturated heterocycles. The van der Waals surface area contributed by atoms with Gasteiger partial charge in [0.05, 0.1) is 17.4 Å². The van der Waals surface area contributed by atoms with Gasteiger partial charge in [-0.1, -0.05) is 19.9 Å². The molecule has 0 aliphatic carbocycles. The zero-order chi connectivity index (χ0) is 14.5. The second-order valence-electron chi connectivity index (χ2n) is 5.05. The zero-order valence-corrected chi connectivity index (χ0v) is 12.8. The molecule has 2 aromatic rings. The maximum Gasteiger partial charge on any atom is 0.0624 e. The fraction of sp³-hybridized carbons (Fsp3) is 0.500. The van der Waals surface area contributed by atoms with Crippen molar-refractivity contribution in [2.45, 2.75) is 39.2 Å². The first-order valence-corrected chi connectivity index (χ1v) is 7.32. The molecule has 0 fully saturated rings. The molecule has 1 N–H and O–H groups in total. The number of aromatic nitrogens is 3. The smallest absolute Gasteiger partial charge is 0.0624 e. The van der Waals surface area contributed by atoms with Crippen molar-refractivity contribution in [3.8, 4) is 0 Å². The Morgan fingerprint density at radius 2 is 2.10 bits per heavy atom. The van der Waals surface area contributed by atoms with Crippen molar-refractivity contribution >= 4 is 0 Å². The van der Waals surface area contributed by atoms with Crippen molar-refractivity contribution in [1.29, 1.82) is 0 Å². The SMILES string of the molecule is CCc1cc(CC(NC)c2ncccc2CC)n(C)n1. The Morgan fingerprint density at radius 1 is 1.30 bits per heavy atom. The van der Waals surface area contributed by atoms with E-state index in [-0.39, 0.29) is 6.04 Å². The van der Waals surface area contributed by atoms with E-state index in [9.17, 15) is 0 Å². The van der Waals surface area contributed by atoms with E-state index < -0.39 is 0 Å². The molecule has 0 radical (unpaired) electrons. The molecule has 2 aromatic heterocycles. The van der Waals surface area contributed by atoms with Crippen LogP contribution in [0.25, 0.3) is 0 Å². The van der Waals surface area contributed by atoms with Crippen LogP contribution in [-0.2, 0) is 26.3 Å². The third-order valence-electron chi connectivity index (χ3n) is 3.79. The standard InChI is InChI=1S/C16H24N4/c1-5-12-8-7-9-18-16(12)15(17-3)11-14-10-13(6-2)19-20(14)4/h7-10,15,17H,5-6,11H2,1-4H3. The Kier molecular flexibility index (Phi) is 4.90. The third-order valence-corrected chi connectivity index (χ3v) is 3.79. The maximum absolute atomic E-state index is 4.58. The molecule has 4 nitrogen and oxygen atoms in total. The first kappa shape index (κ1) is 14.7. The molecule has 1 atom stereocenters. The first-order chi connectivity index (χ1) is 9.69. The second kappa shape index (κ2) is 6.66. The quantitative estimate of drug-likeness (QED) is 0.878. The zero-order valence-electron chi connectivity index (χ0n) is 12.8. The van der Waals surface area contributed by atoms with Crippen LogP contribution in [0.5, 0.6) is 0 Å². The van der Waals surface area contributed by atoms with Gasteiger partial charge in [0.2, 0.25) is 0 Å². The van der Waals surface area contributed by atoms with Crippen LogP contribution in [0.15, 0.2) is 24.4 Å². The molecule has 0 bridgehead atoms. The average Bonchev–Trinajstić information content (AvgIpc) is 2.85. The molecule has 0 amide bonds. The van der Waals surface area contributed by atoms with Gasteiger partial charge in [0.15, 0.2) is 0 Å². The Hall–Kier alpha value is -1.68. The number of likely N-dealkylation sites (N-methyl/N-ethyl adjacent to an activating group) is 1. The second-order valence-corrected chi connectivity index (χ2v) is 5.05. The van der Waals surface area contributed by atoms with Crippen LogP contribution in [0.2, 0.25) is 0 Å². The molecule has 20 heavy (non-hydrogen) atoms. The number of nitrogens with zero attached hydrogens (tertiary/aromatic N) is 3. The van der Waals surface area contributed by atoms with Crippen LogP contribution in [0.3, 0.4) is 0 Å². The normalized spacial score (nSPS) is 12.6. The van der Waals surface area contributed by atoms with E-state index in [1.165, 1.54) is 11.3 Å². The van der Waals surface area contributed by atoms with Crippen LogP contribution >= 0.6 is 0 Å². The fourth-order valence-corrected chi connectivity index (χ4v) is 2.54. The van der Waals surface area contributed by atoms with Gasteiger partial charge in [-0.3, -0.25) is 9.67 Å². The van der Waals surface area contributed by atoms with Crippen molar-refractivity contribution < 1.29 is 0 Å². The monoisotopic (exact) mass is 272 g/mol. The summed E-state index contributed by atoms with van der Waals surface area (Å²) in [7, 11) is 4.01. The number of rotatable bonds is 6. The van der Waals surface area contributed by atoms with Crippen molar-refractivity contribution in [3.63, 3.8) is 0 Å². The van der Waals surface area contributed by atoms with Gasteiger partial charge in [0.25, 0.3) is 0 Å². The molecule has 2 heterocycles. The van der Waals surface area contributed by atoms with E-state index in [1.807, 2.05) is 31.0 Å². The Labute approximate surface area is 121 Å². The van der Waals surface area contributed by atoms with Gasteiger partial charge in [-0.2, -0.15) is 5.10 Å². The number of hydrogen-bond acceptors (Lipinski definition) is 3. The van der Waals surface area contributed by atoms with E-state index in [2.05, 4.69) is 41.4 Å². The summed E-state index contributed by atoms with van der Waals surface area (Å²) < 4.78 is 1.98. The van der Waals surface area contributed by atoms with Crippen molar-refractivity contribution in [1.82, 2.24) is 20.1 Å². The van der Waals surface area contributed by atoms with Gasteiger partial charge in [0.1, 0.15) is 0 Å². The Bertz CT molecular complexity index is 559. The number of hydrogen-bond donors (Lipinski definition) is 1.